The zero-order chi connectivity index (χ0) is 21.5. The van der Waals surface area contributed by atoms with Crippen molar-refractivity contribution in [2.24, 2.45) is 5.92 Å². The number of rotatable bonds is 6. The van der Waals surface area contributed by atoms with E-state index in [-0.39, 0.29) is 17.9 Å². The zero-order valence-electron chi connectivity index (χ0n) is 18.0. The number of morpholine rings is 1. The third-order valence-corrected chi connectivity index (χ3v) is 6.46. The molecule has 0 bridgehead atoms. The summed E-state index contributed by atoms with van der Waals surface area (Å²) in [5.41, 5.74) is 2.39. The van der Waals surface area contributed by atoms with Crippen LogP contribution in [0.1, 0.15) is 30.0 Å². The van der Waals surface area contributed by atoms with E-state index in [9.17, 15) is 9.18 Å². The van der Waals surface area contributed by atoms with Crippen LogP contribution in [0.4, 0.5) is 9.18 Å². The maximum Gasteiger partial charge on any atom is 0.317 e. The van der Waals surface area contributed by atoms with Crippen molar-refractivity contribution < 1.29 is 13.9 Å². The summed E-state index contributed by atoms with van der Waals surface area (Å²) in [4.78, 5) is 17.1. The normalized spacial score (nSPS) is 19.2. The molecule has 2 aromatic rings. The standard InChI is InChI=1S/C25H32FN3O2/c26-23-8-6-22(7-9-23)24(28-14-16-31-17-15-28)19-27-25(30)29-12-10-21(11-13-29)18-20-4-2-1-3-5-20/h1-9,21,24H,10-19H2,(H,27,30). The zero-order valence-corrected chi connectivity index (χ0v) is 18.0. The highest BCUT2D eigenvalue weighted by molar-refractivity contribution is 5.74. The molecule has 2 aliphatic heterocycles. The Morgan fingerprint density at radius 1 is 1.00 bits per heavy atom. The molecule has 1 atom stereocenters. The van der Waals surface area contributed by atoms with Crippen molar-refractivity contribution in [3.05, 3.63) is 71.5 Å². The molecular weight excluding hydrogens is 393 g/mol. The first-order valence-corrected chi connectivity index (χ1v) is 11.3. The van der Waals surface area contributed by atoms with E-state index in [1.54, 1.807) is 0 Å². The van der Waals surface area contributed by atoms with Crippen LogP contribution < -0.4 is 5.32 Å². The number of halogens is 1. The number of likely N-dealkylation sites (tertiary alicyclic amines) is 1. The van der Waals surface area contributed by atoms with Crippen molar-refractivity contribution in [1.29, 1.82) is 0 Å². The van der Waals surface area contributed by atoms with Gasteiger partial charge in [-0.05, 0) is 48.4 Å². The van der Waals surface area contributed by atoms with E-state index in [0.29, 0.717) is 25.7 Å². The van der Waals surface area contributed by atoms with Gasteiger partial charge in [-0.1, -0.05) is 42.5 Å². The third-order valence-electron chi connectivity index (χ3n) is 6.46. The first-order chi connectivity index (χ1) is 15.2. The molecule has 31 heavy (non-hydrogen) atoms. The lowest BCUT2D eigenvalue weighted by atomic mass is 9.90. The number of benzene rings is 2. The van der Waals surface area contributed by atoms with Gasteiger partial charge in [0.1, 0.15) is 5.82 Å². The summed E-state index contributed by atoms with van der Waals surface area (Å²) in [6, 6.07) is 17.2. The molecular formula is C25H32FN3O2. The number of urea groups is 1. The Morgan fingerprint density at radius 2 is 1.68 bits per heavy atom. The van der Waals surface area contributed by atoms with E-state index in [4.69, 9.17) is 4.74 Å². The molecule has 2 aliphatic rings. The van der Waals surface area contributed by atoms with E-state index < -0.39 is 0 Å². The number of ether oxygens (including phenoxy) is 1. The number of carbonyl (C=O) groups is 1. The van der Waals surface area contributed by atoms with Gasteiger partial charge in [-0.3, -0.25) is 4.90 Å². The minimum absolute atomic E-state index is 0.00136. The first-order valence-electron chi connectivity index (χ1n) is 11.3. The van der Waals surface area contributed by atoms with Gasteiger partial charge in [-0.15, -0.1) is 0 Å². The smallest absolute Gasteiger partial charge is 0.317 e. The summed E-state index contributed by atoms with van der Waals surface area (Å²) >= 11 is 0. The molecule has 166 valence electrons. The number of amides is 2. The molecule has 2 fully saturated rings. The predicted octanol–water partition coefficient (Wildman–Crippen LogP) is 3.86. The summed E-state index contributed by atoms with van der Waals surface area (Å²) in [6.45, 7) is 5.07. The molecule has 1 unspecified atom stereocenters. The molecule has 0 aliphatic carbocycles. The van der Waals surface area contributed by atoms with Crippen LogP contribution in [0.25, 0.3) is 0 Å². The van der Waals surface area contributed by atoms with Crippen LogP contribution in [0.3, 0.4) is 0 Å². The highest BCUT2D eigenvalue weighted by Crippen LogP contribution is 2.23. The molecule has 2 amide bonds. The SMILES string of the molecule is O=C(NCC(c1ccc(F)cc1)N1CCOCC1)N1CCC(Cc2ccccc2)CC1. The van der Waals surface area contributed by atoms with Gasteiger partial charge in [-0.2, -0.15) is 0 Å². The maximum atomic E-state index is 13.4. The fourth-order valence-corrected chi connectivity index (χ4v) is 4.62. The van der Waals surface area contributed by atoms with Gasteiger partial charge in [0.05, 0.1) is 19.3 Å². The van der Waals surface area contributed by atoms with E-state index in [1.165, 1.54) is 17.7 Å². The van der Waals surface area contributed by atoms with Gasteiger partial charge in [0.2, 0.25) is 0 Å². The van der Waals surface area contributed by atoms with Gasteiger partial charge in [0.25, 0.3) is 0 Å². The Balaban J connectivity index is 1.30. The lowest BCUT2D eigenvalue weighted by Gasteiger charge is -2.36. The highest BCUT2D eigenvalue weighted by atomic mass is 19.1. The summed E-state index contributed by atoms with van der Waals surface area (Å²) < 4.78 is 18.9. The molecule has 2 saturated heterocycles. The highest BCUT2D eigenvalue weighted by Gasteiger charge is 2.26. The molecule has 0 saturated carbocycles. The minimum Gasteiger partial charge on any atom is -0.379 e. The first kappa shape index (κ1) is 21.8. The number of carbonyl (C=O) groups excluding carboxylic acids is 1. The second-order valence-corrected chi connectivity index (χ2v) is 8.52. The maximum absolute atomic E-state index is 13.4. The van der Waals surface area contributed by atoms with Crippen LogP contribution >= 0.6 is 0 Å². The molecule has 0 spiro atoms. The van der Waals surface area contributed by atoms with Gasteiger partial charge in [0, 0.05) is 32.7 Å². The Hall–Kier alpha value is -2.44. The van der Waals surface area contributed by atoms with E-state index >= 15 is 0 Å². The largest absolute Gasteiger partial charge is 0.379 e. The van der Waals surface area contributed by atoms with E-state index in [1.807, 2.05) is 23.1 Å². The summed E-state index contributed by atoms with van der Waals surface area (Å²) in [5.74, 6) is 0.388. The second kappa shape index (κ2) is 10.7. The number of piperidine rings is 1. The summed E-state index contributed by atoms with van der Waals surface area (Å²) in [6.07, 6.45) is 3.15. The number of nitrogens with one attached hydrogen (secondary N) is 1. The molecule has 0 radical (unpaired) electrons. The predicted molar refractivity (Wildman–Crippen MR) is 119 cm³/mol. The minimum atomic E-state index is -0.244. The Labute approximate surface area is 184 Å². The van der Waals surface area contributed by atoms with E-state index in [0.717, 1.165) is 51.0 Å². The molecule has 2 heterocycles. The monoisotopic (exact) mass is 425 g/mol. The topological polar surface area (TPSA) is 44.8 Å². The Morgan fingerprint density at radius 3 is 2.35 bits per heavy atom. The average molecular weight is 426 g/mol. The number of nitrogens with zero attached hydrogens (tertiary/aromatic N) is 2. The van der Waals surface area contributed by atoms with Crippen LogP contribution in [0.15, 0.2) is 54.6 Å². The summed E-state index contributed by atoms with van der Waals surface area (Å²) in [5, 5.41) is 3.14. The van der Waals surface area contributed by atoms with Crippen LogP contribution in [0.2, 0.25) is 0 Å². The van der Waals surface area contributed by atoms with Crippen molar-refractivity contribution >= 4 is 6.03 Å². The van der Waals surface area contributed by atoms with Gasteiger partial charge < -0.3 is 15.0 Å². The van der Waals surface area contributed by atoms with Crippen molar-refractivity contribution in [2.45, 2.75) is 25.3 Å². The molecule has 0 aromatic heterocycles. The molecule has 1 N–H and O–H groups in total. The molecule has 5 nitrogen and oxygen atoms in total. The fraction of sp³-hybridized carbons (Fsp3) is 0.480. The lowest BCUT2D eigenvalue weighted by Crippen LogP contribution is -2.48. The number of hydrogen-bond donors (Lipinski definition) is 1. The number of hydrogen-bond acceptors (Lipinski definition) is 3. The Kier molecular flexibility index (Phi) is 7.54. The van der Waals surface area contributed by atoms with Crippen molar-refractivity contribution in [3.8, 4) is 0 Å². The molecule has 2 aromatic carbocycles. The lowest BCUT2D eigenvalue weighted by molar-refractivity contribution is 0.0164. The van der Waals surface area contributed by atoms with Crippen molar-refractivity contribution in [2.75, 3.05) is 45.9 Å². The fourth-order valence-electron chi connectivity index (χ4n) is 4.62. The van der Waals surface area contributed by atoms with Crippen LogP contribution in [-0.4, -0.2) is 61.8 Å². The van der Waals surface area contributed by atoms with Crippen LogP contribution in [-0.2, 0) is 11.2 Å². The van der Waals surface area contributed by atoms with Crippen LogP contribution in [0.5, 0.6) is 0 Å². The molecule has 6 heteroatoms. The average Bonchev–Trinajstić information content (AvgIpc) is 2.82. The Bertz CT molecular complexity index is 816. The van der Waals surface area contributed by atoms with Crippen molar-refractivity contribution in [3.63, 3.8) is 0 Å². The summed E-state index contributed by atoms with van der Waals surface area (Å²) in [7, 11) is 0. The quantitative estimate of drug-likeness (QED) is 0.764. The van der Waals surface area contributed by atoms with E-state index in [2.05, 4.69) is 34.5 Å². The van der Waals surface area contributed by atoms with Gasteiger partial charge in [0.15, 0.2) is 0 Å². The van der Waals surface area contributed by atoms with Gasteiger partial charge in [-0.25, -0.2) is 9.18 Å². The van der Waals surface area contributed by atoms with Crippen LogP contribution in [0, 0.1) is 11.7 Å². The second-order valence-electron chi connectivity index (χ2n) is 8.52. The molecule has 4 rings (SSSR count). The van der Waals surface area contributed by atoms with Gasteiger partial charge >= 0.3 is 6.03 Å². The van der Waals surface area contributed by atoms with Crippen molar-refractivity contribution in [1.82, 2.24) is 15.1 Å². The third kappa shape index (κ3) is 6.05.